The molecule has 0 unspecified atom stereocenters. The van der Waals surface area contributed by atoms with Crippen molar-refractivity contribution in [2.45, 2.75) is 31.2 Å². The molecule has 6 heteroatoms. The Morgan fingerprint density at radius 2 is 2.05 bits per heavy atom. The number of rotatable bonds is 6. The van der Waals surface area contributed by atoms with E-state index in [1.165, 1.54) is 0 Å². The van der Waals surface area contributed by atoms with Gasteiger partial charge in [-0.2, -0.15) is 16.1 Å². The molecule has 0 spiro atoms. The van der Waals surface area contributed by atoms with Crippen molar-refractivity contribution in [2.24, 2.45) is 0 Å². The maximum absolute atomic E-state index is 12.9. The summed E-state index contributed by atoms with van der Waals surface area (Å²) in [6, 6.07) is 7.35. The molecule has 0 atom stereocenters. The van der Waals surface area contributed by atoms with Gasteiger partial charge in [0.25, 0.3) is 0 Å². The van der Waals surface area contributed by atoms with E-state index in [1.807, 2.05) is 30.0 Å². The van der Waals surface area contributed by atoms with Crippen molar-refractivity contribution < 1.29 is 8.42 Å². The van der Waals surface area contributed by atoms with Crippen molar-refractivity contribution in [3.8, 4) is 0 Å². The van der Waals surface area contributed by atoms with Gasteiger partial charge in [-0.05, 0) is 36.8 Å². The molecule has 0 amide bonds. The Morgan fingerprint density at radius 1 is 1.24 bits per heavy atom. The molecule has 118 valence electrons. The second-order valence-corrected chi connectivity index (χ2v) is 8.29. The van der Waals surface area contributed by atoms with Crippen LogP contribution in [0.5, 0.6) is 0 Å². The van der Waals surface area contributed by atoms with Crippen LogP contribution in [0.3, 0.4) is 0 Å². The van der Waals surface area contributed by atoms with E-state index in [1.54, 1.807) is 10.4 Å². The predicted molar refractivity (Wildman–Crippen MR) is 89.1 cm³/mol. The average Bonchev–Trinajstić information content (AvgIpc) is 2.77. The maximum atomic E-state index is 12.9. The zero-order valence-corrected chi connectivity index (χ0v) is 14.2. The first-order chi connectivity index (χ1) is 10.2. The van der Waals surface area contributed by atoms with E-state index in [4.69, 9.17) is 0 Å². The van der Waals surface area contributed by atoms with Gasteiger partial charge in [0.15, 0.2) is 0 Å². The Bertz CT molecular complexity index is 538. The molecule has 21 heavy (non-hydrogen) atoms. The Kier molecular flexibility index (Phi) is 6.54. The lowest BCUT2D eigenvalue weighted by Gasteiger charge is -2.21. The summed E-state index contributed by atoms with van der Waals surface area (Å²) in [5.74, 6) is 1.93. The molecule has 1 aromatic carbocycles. The predicted octanol–water partition coefficient (Wildman–Crippen LogP) is 2.31. The Hall–Kier alpha value is -0.560. The number of nitrogens with one attached hydrogen (secondary N) is 1. The van der Waals surface area contributed by atoms with Crippen molar-refractivity contribution in [3.63, 3.8) is 0 Å². The number of benzene rings is 1. The summed E-state index contributed by atoms with van der Waals surface area (Å²) in [5, 5.41) is 3.29. The molecule has 0 bridgehead atoms. The molecule has 1 N–H and O–H groups in total. The highest BCUT2D eigenvalue weighted by Crippen LogP contribution is 2.23. The fraction of sp³-hybridized carbons (Fsp3) is 0.600. The first kappa shape index (κ1) is 16.8. The normalized spacial score (nSPS) is 17.6. The van der Waals surface area contributed by atoms with Gasteiger partial charge >= 0.3 is 0 Å². The van der Waals surface area contributed by atoms with E-state index < -0.39 is 10.0 Å². The number of hydrogen-bond donors (Lipinski definition) is 1. The molecule has 4 nitrogen and oxygen atoms in total. The summed E-state index contributed by atoms with van der Waals surface area (Å²) in [6.45, 7) is 4.85. The monoisotopic (exact) mass is 328 g/mol. The minimum absolute atomic E-state index is 0.459. The lowest BCUT2D eigenvalue weighted by molar-refractivity contribution is 0.434. The topological polar surface area (TPSA) is 49.4 Å². The van der Waals surface area contributed by atoms with Gasteiger partial charge in [0.05, 0.1) is 4.90 Å². The van der Waals surface area contributed by atoms with E-state index >= 15 is 0 Å². The van der Waals surface area contributed by atoms with Crippen LogP contribution in [0.15, 0.2) is 29.2 Å². The summed E-state index contributed by atoms with van der Waals surface area (Å²) < 4.78 is 27.4. The third-order valence-electron chi connectivity index (χ3n) is 3.51. The SMILES string of the molecule is CCCNCc1ccccc1S(=O)(=O)N1CCCSCC1. The minimum atomic E-state index is -3.37. The van der Waals surface area contributed by atoms with Crippen molar-refractivity contribution in [1.82, 2.24) is 9.62 Å². The zero-order valence-electron chi connectivity index (χ0n) is 12.5. The molecule has 0 aliphatic carbocycles. The number of sulfonamides is 1. The Labute approximate surface area is 132 Å². The summed E-state index contributed by atoms with van der Waals surface area (Å²) in [7, 11) is -3.37. The molecule has 0 radical (unpaired) electrons. The fourth-order valence-corrected chi connectivity index (χ4v) is 5.11. The lowest BCUT2D eigenvalue weighted by Crippen LogP contribution is -2.34. The third-order valence-corrected chi connectivity index (χ3v) is 6.56. The van der Waals surface area contributed by atoms with Crippen LogP contribution in [0.4, 0.5) is 0 Å². The Balaban J connectivity index is 2.22. The van der Waals surface area contributed by atoms with E-state index in [-0.39, 0.29) is 0 Å². The quantitative estimate of drug-likeness (QED) is 0.814. The third kappa shape index (κ3) is 4.45. The Morgan fingerprint density at radius 3 is 2.86 bits per heavy atom. The van der Waals surface area contributed by atoms with Crippen LogP contribution in [0.25, 0.3) is 0 Å². The standard InChI is InChI=1S/C15H24N2O2S2/c1-2-8-16-13-14-6-3-4-7-15(14)21(18,19)17-9-5-11-20-12-10-17/h3-4,6-7,16H,2,5,8-13H2,1H3. The molecule has 1 saturated heterocycles. The average molecular weight is 329 g/mol. The van der Waals surface area contributed by atoms with Crippen LogP contribution in [0.1, 0.15) is 25.3 Å². The molecule has 1 fully saturated rings. The highest BCUT2D eigenvalue weighted by molar-refractivity contribution is 7.99. The fourth-order valence-electron chi connectivity index (χ4n) is 2.40. The van der Waals surface area contributed by atoms with E-state index in [9.17, 15) is 8.42 Å². The number of hydrogen-bond acceptors (Lipinski definition) is 4. The molecule has 1 aromatic rings. The van der Waals surface area contributed by atoms with Crippen molar-refractivity contribution in [3.05, 3.63) is 29.8 Å². The largest absolute Gasteiger partial charge is 0.313 e. The molecule has 0 saturated carbocycles. The van der Waals surface area contributed by atoms with Crippen LogP contribution in [-0.2, 0) is 16.6 Å². The number of thioether (sulfide) groups is 1. The van der Waals surface area contributed by atoms with Crippen LogP contribution >= 0.6 is 11.8 Å². The van der Waals surface area contributed by atoms with E-state index in [0.29, 0.717) is 24.5 Å². The molecule has 0 aromatic heterocycles. The first-order valence-corrected chi connectivity index (χ1v) is 10.1. The highest BCUT2D eigenvalue weighted by atomic mass is 32.2. The van der Waals surface area contributed by atoms with Gasteiger partial charge in [-0.15, -0.1) is 0 Å². The van der Waals surface area contributed by atoms with Crippen LogP contribution in [0.2, 0.25) is 0 Å². The van der Waals surface area contributed by atoms with Crippen molar-refractivity contribution in [1.29, 1.82) is 0 Å². The highest BCUT2D eigenvalue weighted by Gasteiger charge is 2.27. The summed E-state index contributed by atoms with van der Waals surface area (Å²) in [4.78, 5) is 0.459. The van der Waals surface area contributed by atoms with Gasteiger partial charge in [-0.3, -0.25) is 0 Å². The van der Waals surface area contributed by atoms with Crippen LogP contribution < -0.4 is 5.32 Å². The van der Waals surface area contributed by atoms with Gasteiger partial charge in [0, 0.05) is 25.4 Å². The van der Waals surface area contributed by atoms with Gasteiger partial charge in [0.1, 0.15) is 0 Å². The van der Waals surface area contributed by atoms with Gasteiger partial charge < -0.3 is 5.32 Å². The molecular formula is C15H24N2O2S2. The summed E-state index contributed by atoms with van der Waals surface area (Å²) >= 11 is 1.83. The zero-order chi connectivity index (χ0) is 15.1. The first-order valence-electron chi connectivity index (χ1n) is 7.52. The number of nitrogens with zero attached hydrogens (tertiary/aromatic N) is 1. The smallest absolute Gasteiger partial charge is 0.243 e. The maximum Gasteiger partial charge on any atom is 0.243 e. The van der Waals surface area contributed by atoms with E-state index in [2.05, 4.69) is 12.2 Å². The second kappa shape index (κ2) is 8.17. The van der Waals surface area contributed by atoms with Crippen LogP contribution in [-0.4, -0.2) is 43.9 Å². The molecule has 2 rings (SSSR count). The second-order valence-electron chi connectivity index (χ2n) is 5.15. The van der Waals surface area contributed by atoms with Gasteiger partial charge in [-0.25, -0.2) is 8.42 Å². The van der Waals surface area contributed by atoms with Crippen molar-refractivity contribution in [2.75, 3.05) is 31.1 Å². The molecule has 1 heterocycles. The van der Waals surface area contributed by atoms with Gasteiger partial charge in [0.2, 0.25) is 10.0 Å². The van der Waals surface area contributed by atoms with Crippen LogP contribution in [0, 0.1) is 0 Å². The summed E-state index contributed by atoms with van der Waals surface area (Å²) in [6.07, 6.45) is 1.97. The summed E-state index contributed by atoms with van der Waals surface area (Å²) in [5.41, 5.74) is 0.864. The molecule has 1 aliphatic heterocycles. The minimum Gasteiger partial charge on any atom is -0.313 e. The van der Waals surface area contributed by atoms with E-state index in [0.717, 1.165) is 36.5 Å². The molecular weight excluding hydrogens is 304 g/mol. The lowest BCUT2D eigenvalue weighted by atomic mass is 10.2. The van der Waals surface area contributed by atoms with Gasteiger partial charge in [-0.1, -0.05) is 25.1 Å². The molecule has 1 aliphatic rings. The van der Waals surface area contributed by atoms with Crippen molar-refractivity contribution >= 4 is 21.8 Å².